The van der Waals surface area contributed by atoms with Crippen LogP contribution in [0.25, 0.3) is 0 Å². The van der Waals surface area contributed by atoms with E-state index in [-0.39, 0.29) is 5.91 Å². The average Bonchev–Trinajstić information content (AvgIpc) is 2.64. The van der Waals surface area contributed by atoms with Gasteiger partial charge >= 0.3 is 0 Å². The van der Waals surface area contributed by atoms with Crippen LogP contribution in [0.3, 0.4) is 0 Å². The maximum Gasteiger partial charge on any atom is 0.227 e. The Hall–Kier alpha value is -1.57. The Bertz CT molecular complexity index is 436. The summed E-state index contributed by atoms with van der Waals surface area (Å²) in [5.74, 6) is 0.502. The Morgan fingerprint density at radius 2 is 2.12 bits per heavy atom. The fourth-order valence-corrected chi connectivity index (χ4v) is 2.04. The molecule has 84 valence electrons. The molecule has 1 saturated heterocycles. The van der Waals surface area contributed by atoms with Crippen molar-refractivity contribution >= 4 is 11.6 Å². The number of carbonyl (C=O) groups is 1. The fourth-order valence-electron chi connectivity index (χ4n) is 2.04. The van der Waals surface area contributed by atoms with Crippen molar-refractivity contribution in [2.45, 2.75) is 20.3 Å². The van der Waals surface area contributed by atoms with Gasteiger partial charge in [-0.1, -0.05) is 12.1 Å². The van der Waals surface area contributed by atoms with Crippen molar-refractivity contribution < 1.29 is 4.79 Å². The van der Waals surface area contributed by atoms with Crippen molar-refractivity contribution in [3.63, 3.8) is 0 Å². The summed E-state index contributed by atoms with van der Waals surface area (Å²) >= 11 is 0. The van der Waals surface area contributed by atoms with E-state index in [1.807, 2.05) is 17.0 Å². The van der Waals surface area contributed by atoms with Crippen LogP contribution in [0.4, 0.5) is 5.69 Å². The van der Waals surface area contributed by atoms with E-state index in [4.69, 9.17) is 0 Å². The Balaban J connectivity index is 2.27. The largest absolute Gasteiger partial charge is 0.312 e. The highest BCUT2D eigenvalue weighted by Crippen LogP contribution is 2.26. The normalized spacial score (nSPS) is 20.2. The highest BCUT2D eigenvalue weighted by molar-refractivity contribution is 5.96. The lowest BCUT2D eigenvalue weighted by atomic mass is 10.1. The zero-order valence-electron chi connectivity index (χ0n) is 9.86. The van der Waals surface area contributed by atoms with Gasteiger partial charge in [0.05, 0.1) is 0 Å². The van der Waals surface area contributed by atoms with E-state index in [2.05, 4.69) is 32.6 Å². The molecule has 1 heterocycles. The van der Waals surface area contributed by atoms with Crippen LogP contribution >= 0.6 is 0 Å². The number of rotatable bonds is 2. The first-order chi connectivity index (χ1) is 7.61. The lowest BCUT2D eigenvalue weighted by Crippen LogP contribution is -2.24. The zero-order valence-corrected chi connectivity index (χ0v) is 9.86. The molecule has 1 aliphatic rings. The molecule has 0 aromatic heterocycles. The van der Waals surface area contributed by atoms with Gasteiger partial charge in [0.1, 0.15) is 0 Å². The molecule has 1 amide bonds. The van der Waals surface area contributed by atoms with Gasteiger partial charge in [0.2, 0.25) is 5.91 Å². The first-order valence-electron chi connectivity index (χ1n) is 5.62. The molecular formula is C14H17NO. The number of benzene rings is 1. The first kappa shape index (κ1) is 10.9. The Morgan fingerprint density at radius 1 is 1.38 bits per heavy atom. The number of anilines is 1. The topological polar surface area (TPSA) is 20.3 Å². The number of hydrogen-bond acceptors (Lipinski definition) is 1. The van der Waals surface area contributed by atoms with Crippen molar-refractivity contribution in [2.24, 2.45) is 5.92 Å². The summed E-state index contributed by atoms with van der Waals surface area (Å²) in [6, 6.07) is 6.17. The van der Waals surface area contributed by atoms with E-state index in [0.717, 1.165) is 12.2 Å². The smallest absolute Gasteiger partial charge is 0.227 e. The molecule has 0 N–H and O–H groups in total. The van der Waals surface area contributed by atoms with Crippen LogP contribution in [0.5, 0.6) is 0 Å². The molecule has 0 radical (unpaired) electrons. The number of hydrogen-bond donors (Lipinski definition) is 0. The molecule has 1 unspecified atom stereocenters. The van der Waals surface area contributed by atoms with Crippen LogP contribution in [-0.4, -0.2) is 12.5 Å². The van der Waals surface area contributed by atoms with Gasteiger partial charge in [-0.15, -0.1) is 6.58 Å². The molecule has 1 aromatic carbocycles. The zero-order chi connectivity index (χ0) is 11.7. The van der Waals surface area contributed by atoms with Crippen molar-refractivity contribution in [3.8, 4) is 0 Å². The van der Waals surface area contributed by atoms with E-state index < -0.39 is 0 Å². The standard InChI is InChI=1S/C14H17NO/c1-4-12-8-14(16)15(9-12)13-6-5-10(2)11(3)7-13/h4-7,12H,1,8-9H2,2-3H3. The molecule has 0 aliphatic carbocycles. The monoisotopic (exact) mass is 215 g/mol. The van der Waals surface area contributed by atoms with Gasteiger partial charge in [0.25, 0.3) is 0 Å². The Morgan fingerprint density at radius 3 is 2.69 bits per heavy atom. The molecule has 1 atom stereocenters. The SMILES string of the molecule is C=CC1CC(=O)N(c2ccc(C)c(C)c2)C1. The van der Waals surface area contributed by atoms with E-state index >= 15 is 0 Å². The molecule has 1 aliphatic heterocycles. The molecule has 16 heavy (non-hydrogen) atoms. The Kier molecular flexibility index (Phi) is 2.82. The molecule has 0 saturated carbocycles. The summed E-state index contributed by atoms with van der Waals surface area (Å²) in [6.45, 7) is 8.68. The van der Waals surface area contributed by atoms with Crippen LogP contribution in [0, 0.1) is 19.8 Å². The highest BCUT2D eigenvalue weighted by atomic mass is 16.2. The molecule has 1 aromatic rings. The number of nitrogens with zero attached hydrogens (tertiary/aromatic N) is 1. The van der Waals surface area contributed by atoms with Crippen LogP contribution < -0.4 is 4.90 Å². The van der Waals surface area contributed by atoms with Gasteiger partial charge in [-0.05, 0) is 37.1 Å². The third-order valence-corrected chi connectivity index (χ3v) is 3.29. The van der Waals surface area contributed by atoms with Crippen LogP contribution in [0.1, 0.15) is 17.5 Å². The number of carbonyl (C=O) groups excluding carboxylic acids is 1. The Labute approximate surface area is 96.6 Å². The quantitative estimate of drug-likeness (QED) is 0.695. The minimum Gasteiger partial charge on any atom is -0.312 e. The predicted octanol–water partition coefficient (Wildman–Crippen LogP) is 2.84. The number of amides is 1. The minimum absolute atomic E-state index is 0.202. The summed E-state index contributed by atoms with van der Waals surface area (Å²) in [5, 5.41) is 0. The lowest BCUT2D eigenvalue weighted by Gasteiger charge is -2.17. The van der Waals surface area contributed by atoms with Crippen LogP contribution in [0.15, 0.2) is 30.9 Å². The fraction of sp³-hybridized carbons (Fsp3) is 0.357. The predicted molar refractivity (Wildman–Crippen MR) is 66.6 cm³/mol. The second-order valence-corrected chi connectivity index (χ2v) is 4.47. The maximum absolute atomic E-state index is 11.8. The summed E-state index contributed by atoms with van der Waals surface area (Å²) in [5.41, 5.74) is 3.50. The summed E-state index contributed by atoms with van der Waals surface area (Å²) in [7, 11) is 0. The molecule has 2 rings (SSSR count). The average molecular weight is 215 g/mol. The number of aryl methyl sites for hydroxylation is 2. The van der Waals surface area contributed by atoms with E-state index in [1.54, 1.807) is 0 Å². The minimum atomic E-state index is 0.202. The molecule has 2 heteroatoms. The summed E-state index contributed by atoms with van der Waals surface area (Å²) in [6.07, 6.45) is 2.47. The van der Waals surface area contributed by atoms with Crippen molar-refractivity contribution in [2.75, 3.05) is 11.4 Å². The second-order valence-electron chi connectivity index (χ2n) is 4.47. The first-order valence-corrected chi connectivity index (χ1v) is 5.62. The van der Waals surface area contributed by atoms with E-state index in [1.165, 1.54) is 11.1 Å². The van der Waals surface area contributed by atoms with E-state index in [0.29, 0.717) is 12.3 Å². The van der Waals surface area contributed by atoms with Crippen LogP contribution in [-0.2, 0) is 4.79 Å². The van der Waals surface area contributed by atoms with Crippen LogP contribution in [0.2, 0.25) is 0 Å². The van der Waals surface area contributed by atoms with Crippen molar-refractivity contribution in [1.82, 2.24) is 0 Å². The van der Waals surface area contributed by atoms with Crippen molar-refractivity contribution in [1.29, 1.82) is 0 Å². The lowest BCUT2D eigenvalue weighted by molar-refractivity contribution is -0.117. The van der Waals surface area contributed by atoms with Gasteiger partial charge in [-0.25, -0.2) is 0 Å². The third kappa shape index (κ3) is 1.87. The van der Waals surface area contributed by atoms with Gasteiger partial charge in [-0.2, -0.15) is 0 Å². The van der Waals surface area contributed by atoms with Crippen molar-refractivity contribution in [3.05, 3.63) is 42.0 Å². The summed E-state index contributed by atoms with van der Waals surface area (Å²) < 4.78 is 0. The molecular weight excluding hydrogens is 198 g/mol. The maximum atomic E-state index is 11.8. The van der Waals surface area contributed by atoms with Gasteiger partial charge < -0.3 is 4.90 Å². The van der Waals surface area contributed by atoms with Gasteiger partial charge in [0, 0.05) is 24.6 Å². The highest BCUT2D eigenvalue weighted by Gasteiger charge is 2.28. The summed E-state index contributed by atoms with van der Waals surface area (Å²) in [4.78, 5) is 13.7. The molecule has 1 fully saturated rings. The van der Waals surface area contributed by atoms with Gasteiger partial charge in [-0.3, -0.25) is 4.79 Å². The van der Waals surface area contributed by atoms with Gasteiger partial charge in [0.15, 0.2) is 0 Å². The third-order valence-electron chi connectivity index (χ3n) is 3.29. The molecule has 0 bridgehead atoms. The molecule has 0 spiro atoms. The molecule has 2 nitrogen and oxygen atoms in total. The second kappa shape index (κ2) is 4.12. The van der Waals surface area contributed by atoms with E-state index in [9.17, 15) is 4.79 Å².